The molecule has 0 saturated carbocycles. The number of hydrogen-bond donors (Lipinski definition) is 2. The van der Waals surface area contributed by atoms with Gasteiger partial charge in [0.05, 0.1) is 0 Å². The first kappa shape index (κ1) is 10.9. The van der Waals surface area contributed by atoms with E-state index in [1.165, 1.54) is 0 Å². The lowest BCUT2D eigenvalue weighted by atomic mass is 10.1. The topological polar surface area (TPSA) is 49.7 Å². The first-order valence-corrected chi connectivity index (χ1v) is 4.14. The van der Waals surface area contributed by atoms with Crippen LogP contribution in [0.4, 0.5) is 0 Å². The normalized spacial score (nSPS) is 10.9. The molecule has 0 fully saturated rings. The van der Waals surface area contributed by atoms with Gasteiger partial charge in [0.25, 0.3) is 0 Å². The van der Waals surface area contributed by atoms with Crippen molar-refractivity contribution in [2.75, 3.05) is 26.4 Å². The van der Waals surface area contributed by atoms with Crippen LogP contribution in [0.15, 0.2) is 0 Å². The van der Waals surface area contributed by atoms with Crippen LogP contribution in [0.2, 0.25) is 0 Å². The SMILES string of the molecule is CCOCCCC(CO)CO. The van der Waals surface area contributed by atoms with E-state index >= 15 is 0 Å². The van der Waals surface area contributed by atoms with Crippen molar-refractivity contribution in [3.8, 4) is 0 Å². The summed E-state index contributed by atoms with van der Waals surface area (Å²) in [4.78, 5) is 0. The van der Waals surface area contributed by atoms with Crippen molar-refractivity contribution in [3.63, 3.8) is 0 Å². The van der Waals surface area contributed by atoms with Crippen LogP contribution in [-0.4, -0.2) is 36.6 Å². The van der Waals surface area contributed by atoms with Crippen molar-refractivity contribution >= 4 is 0 Å². The largest absolute Gasteiger partial charge is 0.396 e. The van der Waals surface area contributed by atoms with E-state index in [2.05, 4.69) is 0 Å². The molecule has 68 valence electrons. The summed E-state index contributed by atoms with van der Waals surface area (Å²) < 4.78 is 5.11. The van der Waals surface area contributed by atoms with Crippen molar-refractivity contribution in [1.82, 2.24) is 0 Å². The third-order valence-corrected chi connectivity index (χ3v) is 1.62. The molecule has 0 saturated heterocycles. The lowest BCUT2D eigenvalue weighted by Crippen LogP contribution is -2.11. The predicted molar refractivity (Wildman–Crippen MR) is 43.4 cm³/mol. The molecule has 0 aromatic rings. The first-order valence-electron chi connectivity index (χ1n) is 4.14. The van der Waals surface area contributed by atoms with E-state index in [4.69, 9.17) is 14.9 Å². The molecule has 0 amide bonds. The second-order valence-electron chi connectivity index (χ2n) is 2.57. The highest BCUT2D eigenvalue weighted by atomic mass is 16.5. The molecular weight excluding hydrogens is 144 g/mol. The lowest BCUT2D eigenvalue weighted by molar-refractivity contribution is 0.112. The Morgan fingerprint density at radius 2 is 1.91 bits per heavy atom. The van der Waals surface area contributed by atoms with Gasteiger partial charge >= 0.3 is 0 Å². The van der Waals surface area contributed by atoms with Gasteiger partial charge in [-0.15, -0.1) is 0 Å². The predicted octanol–water partition coefficient (Wildman–Crippen LogP) is 0.404. The summed E-state index contributed by atoms with van der Waals surface area (Å²) in [5.41, 5.74) is 0. The van der Waals surface area contributed by atoms with E-state index in [1.807, 2.05) is 6.92 Å². The molecule has 0 aromatic heterocycles. The maximum Gasteiger partial charge on any atom is 0.0481 e. The van der Waals surface area contributed by atoms with Gasteiger partial charge in [0.1, 0.15) is 0 Å². The third-order valence-electron chi connectivity index (χ3n) is 1.62. The first-order chi connectivity index (χ1) is 5.35. The number of rotatable bonds is 7. The molecule has 0 bridgehead atoms. The molecule has 0 aliphatic carbocycles. The molecule has 0 spiro atoms. The summed E-state index contributed by atoms with van der Waals surface area (Å²) in [6, 6.07) is 0. The van der Waals surface area contributed by atoms with E-state index in [0.717, 1.165) is 26.1 Å². The molecule has 0 aliphatic heterocycles. The molecule has 0 unspecified atom stereocenters. The second-order valence-corrected chi connectivity index (χ2v) is 2.57. The third kappa shape index (κ3) is 6.28. The Bertz CT molecular complexity index is 71.7. The molecule has 0 heterocycles. The zero-order chi connectivity index (χ0) is 8.53. The van der Waals surface area contributed by atoms with Crippen LogP contribution >= 0.6 is 0 Å². The molecule has 0 rings (SSSR count). The van der Waals surface area contributed by atoms with Crippen molar-refractivity contribution in [2.24, 2.45) is 5.92 Å². The van der Waals surface area contributed by atoms with Crippen LogP contribution in [0.1, 0.15) is 19.8 Å². The van der Waals surface area contributed by atoms with E-state index < -0.39 is 0 Å². The summed E-state index contributed by atoms with van der Waals surface area (Å²) in [6.45, 7) is 3.57. The van der Waals surface area contributed by atoms with E-state index in [-0.39, 0.29) is 19.1 Å². The minimum atomic E-state index is 0.0375. The summed E-state index contributed by atoms with van der Waals surface area (Å²) in [6.07, 6.45) is 1.76. The van der Waals surface area contributed by atoms with Gasteiger partial charge in [-0.25, -0.2) is 0 Å². The van der Waals surface area contributed by atoms with E-state index in [0.29, 0.717) is 0 Å². The molecular formula is C8H18O3. The van der Waals surface area contributed by atoms with Gasteiger partial charge in [0.15, 0.2) is 0 Å². The van der Waals surface area contributed by atoms with Gasteiger partial charge < -0.3 is 14.9 Å². The molecule has 2 N–H and O–H groups in total. The lowest BCUT2D eigenvalue weighted by Gasteiger charge is -2.09. The Kier molecular flexibility index (Phi) is 7.89. The maximum absolute atomic E-state index is 8.68. The minimum Gasteiger partial charge on any atom is -0.396 e. The van der Waals surface area contributed by atoms with Crippen molar-refractivity contribution in [1.29, 1.82) is 0 Å². The average Bonchev–Trinajstić information content (AvgIpc) is 2.05. The number of aliphatic hydroxyl groups is 2. The van der Waals surface area contributed by atoms with Crippen LogP contribution in [0, 0.1) is 5.92 Å². The Morgan fingerprint density at radius 1 is 1.27 bits per heavy atom. The molecule has 0 aliphatic rings. The molecule has 11 heavy (non-hydrogen) atoms. The Hall–Kier alpha value is -0.120. The fourth-order valence-corrected chi connectivity index (χ4v) is 0.859. The molecule has 0 radical (unpaired) electrons. The van der Waals surface area contributed by atoms with Crippen LogP contribution in [0.5, 0.6) is 0 Å². The monoisotopic (exact) mass is 162 g/mol. The van der Waals surface area contributed by atoms with Crippen molar-refractivity contribution in [2.45, 2.75) is 19.8 Å². The van der Waals surface area contributed by atoms with E-state index in [9.17, 15) is 0 Å². The summed E-state index contributed by atoms with van der Waals surface area (Å²) in [7, 11) is 0. The van der Waals surface area contributed by atoms with Crippen LogP contribution < -0.4 is 0 Å². The number of hydrogen-bond acceptors (Lipinski definition) is 3. The molecule has 0 aromatic carbocycles. The Labute approximate surface area is 68.0 Å². The van der Waals surface area contributed by atoms with Crippen LogP contribution in [0.25, 0.3) is 0 Å². The molecule has 3 heteroatoms. The van der Waals surface area contributed by atoms with Gasteiger partial charge in [-0.05, 0) is 19.8 Å². The second kappa shape index (κ2) is 7.98. The van der Waals surface area contributed by atoms with Gasteiger partial charge in [0, 0.05) is 32.3 Å². The zero-order valence-electron chi connectivity index (χ0n) is 7.12. The van der Waals surface area contributed by atoms with E-state index in [1.54, 1.807) is 0 Å². The number of aliphatic hydroxyl groups excluding tert-OH is 2. The van der Waals surface area contributed by atoms with Gasteiger partial charge in [-0.3, -0.25) is 0 Å². The van der Waals surface area contributed by atoms with Gasteiger partial charge in [-0.1, -0.05) is 0 Å². The van der Waals surface area contributed by atoms with Crippen LogP contribution in [0.3, 0.4) is 0 Å². The zero-order valence-corrected chi connectivity index (χ0v) is 7.12. The van der Waals surface area contributed by atoms with Crippen molar-refractivity contribution in [3.05, 3.63) is 0 Å². The highest BCUT2D eigenvalue weighted by molar-refractivity contribution is 4.54. The summed E-state index contributed by atoms with van der Waals surface area (Å²) in [5, 5.41) is 17.4. The maximum atomic E-state index is 8.68. The standard InChI is InChI=1S/C8H18O3/c1-2-11-5-3-4-8(6-9)7-10/h8-10H,2-7H2,1H3. The Morgan fingerprint density at radius 3 is 2.36 bits per heavy atom. The van der Waals surface area contributed by atoms with Crippen LogP contribution in [-0.2, 0) is 4.74 Å². The van der Waals surface area contributed by atoms with Gasteiger partial charge in [-0.2, -0.15) is 0 Å². The fraction of sp³-hybridized carbons (Fsp3) is 1.00. The highest BCUT2D eigenvalue weighted by Gasteiger charge is 2.03. The summed E-state index contributed by atoms with van der Waals surface area (Å²) in [5.74, 6) is 0.0375. The Balaban J connectivity index is 3.07. The fourth-order valence-electron chi connectivity index (χ4n) is 0.859. The average molecular weight is 162 g/mol. The van der Waals surface area contributed by atoms with Crippen molar-refractivity contribution < 1.29 is 14.9 Å². The quantitative estimate of drug-likeness (QED) is 0.533. The molecule has 0 atom stereocenters. The smallest absolute Gasteiger partial charge is 0.0481 e. The van der Waals surface area contributed by atoms with Gasteiger partial charge in [0.2, 0.25) is 0 Å². The minimum absolute atomic E-state index is 0.0375. The summed E-state index contributed by atoms with van der Waals surface area (Å²) >= 11 is 0. The number of ether oxygens (including phenoxy) is 1. The highest BCUT2D eigenvalue weighted by Crippen LogP contribution is 2.04. The molecule has 3 nitrogen and oxygen atoms in total.